The van der Waals surface area contributed by atoms with Crippen LogP contribution in [0.25, 0.3) is 0 Å². The summed E-state index contributed by atoms with van der Waals surface area (Å²) in [4.78, 5) is 12.1. The van der Waals surface area contributed by atoms with E-state index in [2.05, 4.69) is 13.8 Å². The van der Waals surface area contributed by atoms with Gasteiger partial charge in [0.25, 0.3) is 5.91 Å². The van der Waals surface area contributed by atoms with E-state index >= 15 is 0 Å². The van der Waals surface area contributed by atoms with Crippen LogP contribution in [0, 0.1) is 16.7 Å². The lowest BCUT2D eigenvalue weighted by atomic mass is 9.69. The maximum Gasteiger partial charge on any atom is 0.259 e. The third-order valence-electron chi connectivity index (χ3n) is 5.94. The molecule has 106 valence electrons. The van der Waals surface area contributed by atoms with Gasteiger partial charge in [0.1, 0.15) is 0 Å². The minimum Gasteiger partial charge on any atom is -0.269 e. The predicted molar refractivity (Wildman–Crippen MR) is 72.8 cm³/mol. The van der Waals surface area contributed by atoms with Gasteiger partial charge in [-0.3, -0.25) is 4.79 Å². The van der Waals surface area contributed by atoms with Crippen LogP contribution in [0.3, 0.4) is 0 Å². The normalized spacial score (nSPS) is 41.9. The second-order valence-corrected chi connectivity index (χ2v) is 8.60. The molecule has 0 aromatic carbocycles. The van der Waals surface area contributed by atoms with Crippen molar-refractivity contribution in [3.63, 3.8) is 0 Å². The Kier molecular flexibility index (Phi) is 2.51. The van der Waals surface area contributed by atoms with E-state index in [0.29, 0.717) is 5.92 Å². The molecule has 0 N–H and O–H groups in total. The number of carbonyl (C=O) groups excluding carboxylic acids is 1. The minimum atomic E-state index is -3.45. The van der Waals surface area contributed by atoms with E-state index in [9.17, 15) is 13.2 Å². The van der Waals surface area contributed by atoms with Crippen LogP contribution in [0.2, 0.25) is 0 Å². The summed E-state index contributed by atoms with van der Waals surface area (Å²) in [7, 11) is -3.45. The first-order valence-corrected chi connectivity index (χ1v) is 8.56. The number of nitrogens with zero attached hydrogens (tertiary/aromatic N) is 1. The maximum absolute atomic E-state index is 12.4. The number of carbonyl (C=O) groups is 1. The molecule has 0 unspecified atom stereocenters. The molecule has 1 spiro atoms. The third kappa shape index (κ3) is 1.40. The number of sulfonamides is 1. The van der Waals surface area contributed by atoms with E-state index in [0.717, 1.165) is 19.3 Å². The summed E-state index contributed by atoms with van der Waals surface area (Å²) in [5, 5.41) is 0. The van der Waals surface area contributed by atoms with Crippen LogP contribution < -0.4 is 0 Å². The molecule has 5 heteroatoms. The van der Waals surface area contributed by atoms with Crippen molar-refractivity contribution in [3.8, 4) is 0 Å². The summed E-state index contributed by atoms with van der Waals surface area (Å²) >= 11 is 0. The Morgan fingerprint density at radius 1 is 1.37 bits per heavy atom. The molecule has 3 fully saturated rings. The van der Waals surface area contributed by atoms with E-state index in [-0.39, 0.29) is 28.5 Å². The molecule has 4 nitrogen and oxygen atoms in total. The fourth-order valence-corrected chi connectivity index (χ4v) is 7.30. The molecule has 3 aliphatic rings. The zero-order valence-electron chi connectivity index (χ0n) is 11.7. The van der Waals surface area contributed by atoms with Crippen molar-refractivity contribution in [1.82, 2.24) is 4.31 Å². The Morgan fingerprint density at radius 3 is 2.63 bits per heavy atom. The molecular formula is C14H21NO3S. The predicted octanol–water partition coefficient (Wildman–Crippen LogP) is 1.93. The molecule has 1 amide bonds. The van der Waals surface area contributed by atoms with E-state index in [1.807, 2.05) is 0 Å². The van der Waals surface area contributed by atoms with Crippen LogP contribution in [-0.2, 0) is 14.8 Å². The average molecular weight is 285 g/mol. The van der Waals surface area contributed by atoms with Crippen molar-refractivity contribution in [2.24, 2.45) is 16.7 Å². The Morgan fingerprint density at radius 2 is 2.05 bits per heavy atom. The van der Waals surface area contributed by atoms with Gasteiger partial charge < -0.3 is 0 Å². The van der Waals surface area contributed by atoms with Gasteiger partial charge in [-0.15, -0.1) is 0 Å². The Balaban J connectivity index is 2.09. The van der Waals surface area contributed by atoms with Gasteiger partial charge in [0.05, 0.1) is 11.8 Å². The van der Waals surface area contributed by atoms with Crippen LogP contribution in [0.4, 0.5) is 0 Å². The fraction of sp³-hybridized carbons (Fsp3) is 0.786. The first-order valence-electron chi connectivity index (χ1n) is 6.95. The van der Waals surface area contributed by atoms with Gasteiger partial charge in [0.15, 0.2) is 0 Å². The topological polar surface area (TPSA) is 54.5 Å². The molecule has 0 aromatic heterocycles. The van der Waals surface area contributed by atoms with Gasteiger partial charge in [-0.25, -0.2) is 12.7 Å². The number of fused-ring (bicyclic) bond motifs is 1. The fourth-order valence-electron chi connectivity index (χ4n) is 4.80. The van der Waals surface area contributed by atoms with Crippen LogP contribution in [0.1, 0.15) is 40.0 Å². The highest BCUT2D eigenvalue weighted by Gasteiger charge is 2.72. The van der Waals surface area contributed by atoms with Gasteiger partial charge in [0, 0.05) is 5.41 Å². The Hall–Kier alpha value is -0.840. The molecule has 2 aliphatic carbocycles. The Labute approximate surface area is 114 Å². The average Bonchev–Trinajstić information content (AvgIpc) is 2.75. The van der Waals surface area contributed by atoms with Crippen molar-refractivity contribution in [1.29, 1.82) is 0 Å². The highest BCUT2D eigenvalue weighted by molar-refractivity contribution is 7.90. The first kappa shape index (κ1) is 13.2. The first-order chi connectivity index (χ1) is 8.76. The van der Waals surface area contributed by atoms with Crippen molar-refractivity contribution in [2.45, 2.75) is 46.1 Å². The standard InChI is InChI=1S/C14H21NO3S/c1-4-5-12(16)15-11-8-10-6-7-14(11,13(10,2)3)9-19(15,17)18/h4-5,10-11H,6-9H2,1-3H3/b5-4+/t10-,11-,14-/m1/s1/i5+1,12+1. The van der Waals surface area contributed by atoms with Gasteiger partial charge in [-0.05, 0) is 43.6 Å². The van der Waals surface area contributed by atoms with Gasteiger partial charge >= 0.3 is 0 Å². The summed E-state index contributed by atoms with van der Waals surface area (Å²) in [5.41, 5.74) is -0.191. The van der Waals surface area contributed by atoms with Crippen LogP contribution in [0.15, 0.2) is 12.2 Å². The second kappa shape index (κ2) is 3.62. The lowest BCUT2D eigenvalue weighted by Crippen LogP contribution is -2.43. The molecule has 3 atom stereocenters. The highest BCUT2D eigenvalue weighted by Crippen LogP contribution is 2.69. The quantitative estimate of drug-likeness (QED) is 0.546. The Bertz CT molecular complexity index is 563. The van der Waals surface area contributed by atoms with E-state index in [4.69, 9.17) is 0 Å². The highest BCUT2D eigenvalue weighted by atomic mass is 32.2. The van der Waals surface area contributed by atoms with Crippen LogP contribution >= 0.6 is 0 Å². The van der Waals surface area contributed by atoms with Gasteiger partial charge in [-0.1, -0.05) is 19.9 Å². The molecule has 2 bridgehead atoms. The lowest BCUT2D eigenvalue weighted by molar-refractivity contribution is -0.124. The molecule has 2 saturated carbocycles. The summed E-state index contributed by atoms with van der Waals surface area (Å²) in [6.07, 6.45) is 5.87. The number of rotatable bonds is 1. The van der Waals surface area contributed by atoms with Crippen molar-refractivity contribution >= 4 is 15.9 Å². The zero-order valence-corrected chi connectivity index (χ0v) is 12.5. The molecule has 1 aliphatic heterocycles. The minimum absolute atomic E-state index is 0.0235. The van der Waals surface area contributed by atoms with E-state index < -0.39 is 10.0 Å². The van der Waals surface area contributed by atoms with Gasteiger partial charge in [-0.2, -0.15) is 0 Å². The lowest BCUT2D eigenvalue weighted by Gasteiger charge is -2.36. The zero-order chi connectivity index (χ0) is 14.1. The largest absolute Gasteiger partial charge is 0.269 e. The molecule has 0 aromatic rings. The molecule has 19 heavy (non-hydrogen) atoms. The third-order valence-corrected chi connectivity index (χ3v) is 7.85. The maximum atomic E-state index is 12.4. The number of hydrogen-bond donors (Lipinski definition) is 0. The van der Waals surface area contributed by atoms with E-state index in [1.54, 1.807) is 13.0 Å². The number of allylic oxidation sites excluding steroid dienone is 1. The van der Waals surface area contributed by atoms with Crippen LogP contribution in [-0.4, -0.2) is 30.4 Å². The number of amides is 1. The second-order valence-electron chi connectivity index (χ2n) is 6.76. The monoisotopic (exact) mass is 285 g/mol. The van der Waals surface area contributed by atoms with Crippen molar-refractivity contribution in [2.75, 3.05) is 5.75 Å². The number of hydrogen-bond acceptors (Lipinski definition) is 3. The van der Waals surface area contributed by atoms with Gasteiger partial charge in [0.2, 0.25) is 10.0 Å². The van der Waals surface area contributed by atoms with Crippen molar-refractivity contribution < 1.29 is 13.2 Å². The molecule has 0 radical (unpaired) electrons. The summed E-state index contributed by atoms with van der Waals surface area (Å²) in [6, 6.07) is -0.116. The van der Waals surface area contributed by atoms with Crippen molar-refractivity contribution in [3.05, 3.63) is 12.2 Å². The SMILES string of the molecule is C/C=[13CH]/[13C](=O)N1[C@@H]2C[C@H]3CC[C@]2(CS1(=O)=O)C3(C)C. The summed E-state index contributed by atoms with van der Waals surface area (Å²) in [5.74, 6) is 0.332. The van der Waals surface area contributed by atoms with E-state index in [1.165, 1.54) is 10.4 Å². The summed E-state index contributed by atoms with van der Waals surface area (Å²) in [6.45, 7) is 6.11. The molecule has 3 rings (SSSR count). The molecule has 1 saturated heterocycles. The van der Waals surface area contributed by atoms with Crippen LogP contribution in [0.5, 0.6) is 0 Å². The molecular weight excluding hydrogens is 264 g/mol. The smallest absolute Gasteiger partial charge is 0.259 e. The summed E-state index contributed by atoms with van der Waals surface area (Å²) < 4.78 is 26.1. The molecule has 1 heterocycles.